The summed E-state index contributed by atoms with van der Waals surface area (Å²) < 4.78 is 12.6. The monoisotopic (exact) mass is 605 g/mol. The zero-order valence-electron chi connectivity index (χ0n) is 26.5. The maximum absolute atomic E-state index is 14.8. The lowest BCUT2D eigenvalue weighted by Gasteiger charge is -2.43. The molecule has 238 valence electrons. The second-order valence-electron chi connectivity index (χ2n) is 13.3. The fraction of sp³-hybridized carbons (Fsp3) is 0.629. The third-order valence-corrected chi connectivity index (χ3v) is 10.8. The molecule has 1 N–H and O–H groups in total. The molecule has 0 bridgehead atoms. The molecule has 1 aromatic rings. The van der Waals surface area contributed by atoms with Gasteiger partial charge in [0.1, 0.15) is 17.4 Å². The molecule has 3 amide bonds. The van der Waals surface area contributed by atoms with Crippen LogP contribution in [-0.4, -0.2) is 88.3 Å². The molecule has 9 nitrogen and oxygen atoms in total. The zero-order chi connectivity index (χ0) is 31.2. The predicted octanol–water partition coefficient (Wildman–Crippen LogP) is 4.10. The maximum Gasteiger partial charge on any atom is 0.249 e. The standard InChI is InChI=1S/C35H47N3O6/c1-5-23(3)27(22-39)38-30-33(42)37(24-12-8-7-9-13-24)21-11-19-35(30)29(32(38)41)28-31(40)36(20-10-18-34(28,4)44-35)25-14-16-26(17-15-25)43-6-2/h10-11,14-19,23-24,27-30,39H,5-9,12-13,20-22H2,1-4H3/t23-,27-,28+,29-,30?,34-,35-/m0/s1. The van der Waals surface area contributed by atoms with Crippen LogP contribution in [0.3, 0.4) is 0 Å². The molecule has 0 aromatic heterocycles. The number of amides is 3. The molecule has 3 fully saturated rings. The second-order valence-corrected chi connectivity index (χ2v) is 13.3. The lowest BCUT2D eigenvalue weighted by molar-refractivity contribution is -0.157. The van der Waals surface area contributed by atoms with Gasteiger partial charge in [-0.15, -0.1) is 0 Å². The van der Waals surface area contributed by atoms with Gasteiger partial charge in [-0.25, -0.2) is 0 Å². The average Bonchev–Trinajstić information content (AvgIpc) is 3.29. The van der Waals surface area contributed by atoms with Gasteiger partial charge in [-0.1, -0.05) is 63.8 Å². The van der Waals surface area contributed by atoms with Crippen LogP contribution in [0.25, 0.3) is 0 Å². The van der Waals surface area contributed by atoms with E-state index < -0.39 is 35.1 Å². The summed E-state index contributed by atoms with van der Waals surface area (Å²) in [5.41, 5.74) is -1.73. The van der Waals surface area contributed by atoms with E-state index in [1.165, 1.54) is 0 Å². The number of hydrogen-bond acceptors (Lipinski definition) is 6. The molecule has 1 saturated carbocycles. The molecule has 9 heteroatoms. The smallest absolute Gasteiger partial charge is 0.249 e. The van der Waals surface area contributed by atoms with Crippen LogP contribution in [0.4, 0.5) is 5.69 Å². The minimum absolute atomic E-state index is 0.0561. The highest BCUT2D eigenvalue weighted by Crippen LogP contribution is 2.58. The summed E-state index contributed by atoms with van der Waals surface area (Å²) in [5.74, 6) is -1.75. The number of anilines is 1. The van der Waals surface area contributed by atoms with Gasteiger partial charge in [-0.05, 0) is 56.9 Å². The van der Waals surface area contributed by atoms with Crippen molar-refractivity contribution in [3.63, 3.8) is 0 Å². The Hall–Kier alpha value is -3.17. The van der Waals surface area contributed by atoms with Crippen LogP contribution in [0.2, 0.25) is 0 Å². The van der Waals surface area contributed by atoms with Crippen molar-refractivity contribution in [1.82, 2.24) is 9.80 Å². The van der Waals surface area contributed by atoms with Crippen LogP contribution in [0, 0.1) is 17.8 Å². The number of likely N-dealkylation sites (tertiary alicyclic amines) is 1. The summed E-state index contributed by atoms with van der Waals surface area (Å²) in [5, 5.41) is 10.7. The number of aliphatic hydroxyl groups is 1. The lowest BCUT2D eigenvalue weighted by atomic mass is 9.74. The summed E-state index contributed by atoms with van der Waals surface area (Å²) in [4.78, 5) is 49.5. The predicted molar refractivity (Wildman–Crippen MR) is 167 cm³/mol. The first-order valence-electron chi connectivity index (χ1n) is 16.5. The van der Waals surface area contributed by atoms with Crippen LogP contribution in [-0.2, 0) is 19.1 Å². The number of benzene rings is 1. The fourth-order valence-corrected chi connectivity index (χ4v) is 8.49. The summed E-state index contributed by atoms with van der Waals surface area (Å²) >= 11 is 0. The number of nitrogens with zero attached hydrogens (tertiary/aromatic N) is 3. The second kappa shape index (κ2) is 12.0. The molecule has 6 rings (SSSR count). The minimum Gasteiger partial charge on any atom is -0.494 e. The van der Waals surface area contributed by atoms with Gasteiger partial charge in [-0.3, -0.25) is 14.4 Å². The lowest BCUT2D eigenvalue weighted by Crippen LogP contribution is -2.61. The fourth-order valence-electron chi connectivity index (χ4n) is 8.49. The average molecular weight is 606 g/mol. The quantitative estimate of drug-likeness (QED) is 0.448. The molecule has 4 aliphatic heterocycles. The van der Waals surface area contributed by atoms with Crippen LogP contribution in [0.5, 0.6) is 5.75 Å². The molecular weight excluding hydrogens is 558 g/mol. The number of ether oxygens (including phenoxy) is 2. The number of aliphatic hydroxyl groups excluding tert-OH is 1. The maximum atomic E-state index is 14.8. The number of hydrogen-bond donors (Lipinski definition) is 1. The van der Waals surface area contributed by atoms with Crippen molar-refractivity contribution < 1.29 is 29.0 Å². The first kappa shape index (κ1) is 30.8. The van der Waals surface area contributed by atoms with Gasteiger partial charge >= 0.3 is 0 Å². The van der Waals surface area contributed by atoms with Crippen molar-refractivity contribution in [3.05, 3.63) is 48.6 Å². The van der Waals surface area contributed by atoms with E-state index in [0.717, 1.165) is 44.3 Å². The van der Waals surface area contributed by atoms with Gasteiger partial charge in [-0.2, -0.15) is 0 Å². The van der Waals surface area contributed by atoms with Crippen molar-refractivity contribution in [2.75, 3.05) is 31.2 Å². The molecule has 1 unspecified atom stereocenters. The van der Waals surface area contributed by atoms with Gasteiger partial charge in [0.15, 0.2) is 0 Å². The summed E-state index contributed by atoms with van der Waals surface area (Å²) in [6, 6.07) is 5.97. The molecular formula is C35H47N3O6. The first-order chi connectivity index (χ1) is 21.2. The minimum atomic E-state index is -1.33. The van der Waals surface area contributed by atoms with E-state index in [4.69, 9.17) is 9.47 Å². The Bertz CT molecular complexity index is 1320. The normalized spacial score (nSPS) is 33.5. The van der Waals surface area contributed by atoms with Gasteiger partial charge in [0.25, 0.3) is 0 Å². The Morgan fingerprint density at radius 3 is 2.32 bits per heavy atom. The third-order valence-electron chi connectivity index (χ3n) is 10.8. The van der Waals surface area contributed by atoms with E-state index in [1.54, 1.807) is 9.80 Å². The van der Waals surface area contributed by atoms with E-state index in [9.17, 15) is 19.5 Å². The molecule has 7 atom stereocenters. The van der Waals surface area contributed by atoms with Crippen LogP contribution < -0.4 is 9.64 Å². The third kappa shape index (κ3) is 4.78. The number of carbonyl (C=O) groups excluding carboxylic acids is 3. The molecule has 1 aromatic carbocycles. The summed E-state index contributed by atoms with van der Waals surface area (Å²) in [6.45, 7) is 8.87. The molecule has 1 aliphatic carbocycles. The molecule has 44 heavy (non-hydrogen) atoms. The van der Waals surface area contributed by atoms with Gasteiger partial charge in [0.05, 0.1) is 36.7 Å². The van der Waals surface area contributed by atoms with Gasteiger partial charge < -0.3 is 29.3 Å². The van der Waals surface area contributed by atoms with Gasteiger partial charge in [0.2, 0.25) is 17.7 Å². The summed E-state index contributed by atoms with van der Waals surface area (Å²) in [7, 11) is 0. The zero-order valence-corrected chi connectivity index (χ0v) is 26.5. The summed E-state index contributed by atoms with van der Waals surface area (Å²) in [6.07, 6.45) is 13.6. The van der Waals surface area contributed by atoms with Crippen molar-refractivity contribution in [2.24, 2.45) is 17.8 Å². The molecule has 1 spiro atoms. The number of carbonyl (C=O) groups is 3. The van der Waals surface area contributed by atoms with Crippen LogP contribution in [0.1, 0.15) is 66.2 Å². The number of fused-ring (bicyclic) bond motifs is 2. The molecule has 0 radical (unpaired) electrons. The van der Waals surface area contributed by atoms with Crippen molar-refractivity contribution in [2.45, 2.75) is 95.5 Å². The van der Waals surface area contributed by atoms with E-state index >= 15 is 0 Å². The Balaban J connectivity index is 1.45. The van der Waals surface area contributed by atoms with Crippen LogP contribution in [0.15, 0.2) is 48.6 Å². The molecule has 2 saturated heterocycles. The van der Waals surface area contributed by atoms with Gasteiger partial charge in [0, 0.05) is 24.8 Å². The van der Waals surface area contributed by atoms with Crippen molar-refractivity contribution in [1.29, 1.82) is 0 Å². The topological polar surface area (TPSA) is 99.6 Å². The van der Waals surface area contributed by atoms with E-state index in [0.29, 0.717) is 25.4 Å². The Morgan fingerprint density at radius 2 is 1.66 bits per heavy atom. The Kier molecular flexibility index (Phi) is 8.39. The Labute approximate surface area is 260 Å². The SMILES string of the molecule is CCOc1ccc(N2CC=C[C@]3(C)O[C@]45C=CCN(C6CCCCC6)C(=O)C4N([C@@H](CO)[C@@H](C)CC)C(=O)[C@@H]5[C@@H]3C2=O)cc1. The van der Waals surface area contributed by atoms with Crippen LogP contribution >= 0.6 is 0 Å². The van der Waals surface area contributed by atoms with Crippen molar-refractivity contribution in [3.8, 4) is 5.75 Å². The molecule has 5 aliphatic rings. The van der Waals surface area contributed by atoms with E-state index in [-0.39, 0.29) is 36.3 Å². The Morgan fingerprint density at radius 1 is 0.955 bits per heavy atom. The van der Waals surface area contributed by atoms with Crippen molar-refractivity contribution >= 4 is 23.4 Å². The van der Waals surface area contributed by atoms with E-state index in [2.05, 4.69) is 0 Å². The highest BCUT2D eigenvalue weighted by atomic mass is 16.5. The van der Waals surface area contributed by atoms with E-state index in [1.807, 2.05) is 81.2 Å². The highest BCUT2D eigenvalue weighted by molar-refractivity contribution is 6.04. The highest BCUT2D eigenvalue weighted by Gasteiger charge is 2.75. The largest absolute Gasteiger partial charge is 0.494 e. The molecule has 4 heterocycles. The first-order valence-corrected chi connectivity index (χ1v) is 16.5. The number of rotatable bonds is 8.